The Balaban J connectivity index is 0.00000240. The molecular weight excluding hydrogens is 407 g/mol. The van der Waals surface area contributed by atoms with Gasteiger partial charge < -0.3 is 10.3 Å². The third kappa shape index (κ3) is 3.91. The first-order valence-electron chi connectivity index (χ1n) is 8.64. The number of anilines is 1. The highest BCUT2D eigenvalue weighted by atomic mass is 35.5. The quantitative estimate of drug-likeness (QED) is 0.512. The molecule has 0 bridgehead atoms. The van der Waals surface area contributed by atoms with Crippen LogP contribution in [0, 0.1) is 0 Å². The molecule has 0 radical (unpaired) electrons. The van der Waals surface area contributed by atoms with E-state index in [-0.39, 0.29) is 24.6 Å². The summed E-state index contributed by atoms with van der Waals surface area (Å²) in [7, 11) is 0. The lowest BCUT2D eigenvalue weighted by atomic mass is 10.1. The van der Waals surface area contributed by atoms with Crippen LogP contribution in [0.15, 0.2) is 47.5 Å². The number of aromatic amines is 1. The summed E-state index contributed by atoms with van der Waals surface area (Å²) in [5.41, 5.74) is 1.60. The first-order chi connectivity index (χ1) is 13.4. The number of aryl methyl sites for hydroxylation is 1. The molecule has 152 valence electrons. The number of fused-ring (bicyclic) bond motifs is 2. The van der Waals surface area contributed by atoms with Crippen molar-refractivity contribution >= 4 is 40.2 Å². The molecule has 0 atom stereocenters. The third-order valence-electron chi connectivity index (χ3n) is 4.56. The van der Waals surface area contributed by atoms with E-state index in [1.54, 1.807) is 22.8 Å². The SMILES string of the molecule is CCn1c(=O)[nH]c2cc3c(NCc4cccc(C(F)(F)F)c4)ncnc3cc21.Cl. The lowest BCUT2D eigenvalue weighted by molar-refractivity contribution is -0.137. The lowest BCUT2D eigenvalue weighted by Crippen LogP contribution is -2.14. The molecule has 10 heteroatoms. The molecule has 0 aliphatic heterocycles. The minimum Gasteiger partial charge on any atom is -0.365 e. The molecular formula is C19H17ClF3N5O. The number of imidazole rings is 1. The van der Waals surface area contributed by atoms with E-state index in [9.17, 15) is 18.0 Å². The number of hydrogen-bond donors (Lipinski definition) is 2. The van der Waals surface area contributed by atoms with Gasteiger partial charge in [-0.3, -0.25) is 4.57 Å². The molecule has 29 heavy (non-hydrogen) atoms. The zero-order chi connectivity index (χ0) is 19.9. The van der Waals surface area contributed by atoms with Crippen molar-refractivity contribution in [3.63, 3.8) is 0 Å². The van der Waals surface area contributed by atoms with Crippen LogP contribution in [0.1, 0.15) is 18.1 Å². The Morgan fingerprint density at radius 1 is 1.17 bits per heavy atom. The highest BCUT2D eigenvalue weighted by Crippen LogP contribution is 2.30. The zero-order valence-corrected chi connectivity index (χ0v) is 16.1. The number of hydrogen-bond acceptors (Lipinski definition) is 4. The van der Waals surface area contributed by atoms with E-state index in [1.807, 2.05) is 6.92 Å². The van der Waals surface area contributed by atoms with Gasteiger partial charge in [0.15, 0.2) is 0 Å². The van der Waals surface area contributed by atoms with Crippen LogP contribution < -0.4 is 11.0 Å². The standard InChI is InChI=1S/C19H16F3N5O.ClH/c1-2-27-16-8-14-13(7-15(16)26-18(27)28)17(25-10-24-14)23-9-11-4-3-5-12(6-11)19(20,21)22;/h3-8,10H,2,9H2,1H3,(H,26,28)(H,23,24,25);1H. The number of H-pyrrole nitrogens is 1. The molecule has 2 N–H and O–H groups in total. The van der Waals surface area contributed by atoms with Crippen molar-refractivity contribution in [2.45, 2.75) is 26.2 Å². The molecule has 0 fully saturated rings. The van der Waals surface area contributed by atoms with E-state index in [0.717, 1.165) is 17.6 Å². The number of aromatic nitrogens is 4. The van der Waals surface area contributed by atoms with Gasteiger partial charge in [-0.2, -0.15) is 13.2 Å². The molecule has 2 aromatic carbocycles. The fourth-order valence-corrected chi connectivity index (χ4v) is 3.21. The minimum absolute atomic E-state index is 0. The second-order valence-electron chi connectivity index (χ2n) is 6.33. The molecule has 4 rings (SSSR count). The van der Waals surface area contributed by atoms with Crippen molar-refractivity contribution < 1.29 is 13.2 Å². The molecule has 0 unspecified atom stereocenters. The summed E-state index contributed by atoms with van der Waals surface area (Å²) in [4.78, 5) is 23.3. The van der Waals surface area contributed by atoms with Crippen molar-refractivity contribution in [1.29, 1.82) is 0 Å². The van der Waals surface area contributed by atoms with E-state index in [4.69, 9.17) is 0 Å². The molecule has 6 nitrogen and oxygen atoms in total. The largest absolute Gasteiger partial charge is 0.416 e. The van der Waals surface area contributed by atoms with Gasteiger partial charge in [-0.1, -0.05) is 12.1 Å². The fourth-order valence-electron chi connectivity index (χ4n) is 3.21. The Kier molecular flexibility index (Phi) is 5.52. The second kappa shape index (κ2) is 7.75. The maximum absolute atomic E-state index is 12.9. The Morgan fingerprint density at radius 3 is 2.69 bits per heavy atom. The van der Waals surface area contributed by atoms with E-state index >= 15 is 0 Å². The van der Waals surface area contributed by atoms with Crippen molar-refractivity contribution in [3.05, 3.63) is 64.3 Å². The van der Waals surface area contributed by atoms with Gasteiger partial charge in [0.1, 0.15) is 12.1 Å². The molecule has 0 amide bonds. The summed E-state index contributed by atoms with van der Waals surface area (Å²) in [5, 5.41) is 3.74. The summed E-state index contributed by atoms with van der Waals surface area (Å²) >= 11 is 0. The van der Waals surface area contributed by atoms with Crippen LogP contribution in [-0.2, 0) is 19.3 Å². The topological polar surface area (TPSA) is 75.6 Å². The van der Waals surface area contributed by atoms with Gasteiger partial charge in [-0.25, -0.2) is 14.8 Å². The number of rotatable bonds is 4. The fraction of sp³-hybridized carbons (Fsp3) is 0.211. The number of benzene rings is 2. The van der Waals surface area contributed by atoms with Crippen LogP contribution in [0.5, 0.6) is 0 Å². The molecule has 0 saturated carbocycles. The summed E-state index contributed by atoms with van der Waals surface area (Å²) < 4.78 is 40.2. The predicted octanol–water partition coefficient (Wildman–Crippen LogP) is 4.35. The van der Waals surface area contributed by atoms with Crippen LogP contribution in [-0.4, -0.2) is 19.5 Å². The van der Waals surface area contributed by atoms with Crippen LogP contribution in [0.3, 0.4) is 0 Å². The maximum atomic E-state index is 12.9. The van der Waals surface area contributed by atoms with Crippen molar-refractivity contribution in [2.24, 2.45) is 0 Å². The lowest BCUT2D eigenvalue weighted by Gasteiger charge is -2.11. The average Bonchev–Trinajstić information content (AvgIpc) is 2.98. The summed E-state index contributed by atoms with van der Waals surface area (Å²) in [6.07, 6.45) is -3.01. The predicted molar refractivity (Wildman–Crippen MR) is 107 cm³/mol. The minimum atomic E-state index is -4.39. The zero-order valence-electron chi connectivity index (χ0n) is 15.2. The molecule has 0 aliphatic carbocycles. The van der Waals surface area contributed by atoms with Gasteiger partial charge in [-0.15, -0.1) is 12.4 Å². The molecule has 4 aromatic rings. The van der Waals surface area contributed by atoms with Gasteiger partial charge >= 0.3 is 11.9 Å². The van der Waals surface area contributed by atoms with Crippen molar-refractivity contribution in [3.8, 4) is 0 Å². The molecule has 0 saturated heterocycles. The first-order valence-corrected chi connectivity index (χ1v) is 8.64. The molecule has 2 aromatic heterocycles. The molecule has 0 spiro atoms. The highest BCUT2D eigenvalue weighted by Gasteiger charge is 2.30. The van der Waals surface area contributed by atoms with Gasteiger partial charge in [0.25, 0.3) is 0 Å². The van der Waals surface area contributed by atoms with E-state index < -0.39 is 11.7 Å². The Bertz CT molecular complexity index is 1230. The first kappa shape index (κ1) is 20.7. The smallest absolute Gasteiger partial charge is 0.365 e. The monoisotopic (exact) mass is 423 g/mol. The summed E-state index contributed by atoms with van der Waals surface area (Å²) in [6.45, 7) is 2.57. The highest BCUT2D eigenvalue weighted by molar-refractivity contribution is 5.98. The third-order valence-corrected chi connectivity index (χ3v) is 4.56. The normalized spacial score (nSPS) is 11.6. The van der Waals surface area contributed by atoms with E-state index in [2.05, 4.69) is 20.3 Å². The average molecular weight is 424 g/mol. The van der Waals surface area contributed by atoms with E-state index in [0.29, 0.717) is 34.3 Å². The van der Waals surface area contributed by atoms with Gasteiger partial charge in [0.05, 0.1) is 22.1 Å². The van der Waals surface area contributed by atoms with Gasteiger partial charge in [0, 0.05) is 18.5 Å². The number of halogens is 4. The molecule has 2 heterocycles. The van der Waals surface area contributed by atoms with Crippen molar-refractivity contribution in [1.82, 2.24) is 19.5 Å². The Labute approximate surface area is 169 Å². The summed E-state index contributed by atoms with van der Waals surface area (Å²) in [5.74, 6) is 0.481. The van der Waals surface area contributed by atoms with Crippen LogP contribution >= 0.6 is 12.4 Å². The van der Waals surface area contributed by atoms with Gasteiger partial charge in [-0.05, 0) is 36.8 Å². The van der Waals surface area contributed by atoms with Crippen LogP contribution in [0.4, 0.5) is 19.0 Å². The Morgan fingerprint density at radius 2 is 1.97 bits per heavy atom. The molecule has 0 aliphatic rings. The number of alkyl halides is 3. The number of nitrogens with zero attached hydrogens (tertiary/aromatic N) is 3. The van der Waals surface area contributed by atoms with Crippen LogP contribution in [0.25, 0.3) is 21.9 Å². The van der Waals surface area contributed by atoms with Crippen molar-refractivity contribution in [2.75, 3.05) is 5.32 Å². The second-order valence-corrected chi connectivity index (χ2v) is 6.33. The van der Waals surface area contributed by atoms with Crippen LogP contribution in [0.2, 0.25) is 0 Å². The van der Waals surface area contributed by atoms with Gasteiger partial charge in [0.2, 0.25) is 0 Å². The maximum Gasteiger partial charge on any atom is 0.416 e. The van der Waals surface area contributed by atoms with E-state index in [1.165, 1.54) is 12.4 Å². The number of nitrogens with one attached hydrogen (secondary N) is 2. The Hall–Kier alpha value is -3.07. The summed E-state index contributed by atoms with van der Waals surface area (Å²) in [6, 6.07) is 8.70.